The van der Waals surface area contributed by atoms with Gasteiger partial charge in [0.1, 0.15) is 0 Å². The normalized spacial score (nSPS) is 11.6. The van der Waals surface area contributed by atoms with Crippen LogP contribution in [0.25, 0.3) is 84.5 Å². The van der Waals surface area contributed by atoms with E-state index in [9.17, 15) is 0 Å². The molecule has 9 aromatic carbocycles. The molecule has 2 heterocycles. The van der Waals surface area contributed by atoms with Crippen LogP contribution >= 0.6 is 22.7 Å². The van der Waals surface area contributed by atoms with Gasteiger partial charge >= 0.3 is 0 Å². The Morgan fingerprint density at radius 2 is 0.873 bits per heavy atom. The van der Waals surface area contributed by atoms with Crippen molar-refractivity contribution in [2.75, 3.05) is 4.90 Å². The van der Waals surface area contributed by atoms with Crippen molar-refractivity contribution in [3.05, 3.63) is 200 Å². The third kappa shape index (κ3) is 5.35. The van der Waals surface area contributed by atoms with E-state index in [-0.39, 0.29) is 0 Å². The number of para-hydroxylation sites is 1. The monoisotopic (exact) mass is 735 g/mol. The van der Waals surface area contributed by atoms with Crippen molar-refractivity contribution in [1.29, 1.82) is 0 Å². The minimum atomic E-state index is 1.11. The minimum absolute atomic E-state index is 1.11. The van der Waals surface area contributed by atoms with Crippen molar-refractivity contribution < 1.29 is 0 Å². The van der Waals surface area contributed by atoms with Crippen molar-refractivity contribution in [2.45, 2.75) is 0 Å². The van der Waals surface area contributed by atoms with E-state index in [4.69, 9.17) is 0 Å². The van der Waals surface area contributed by atoms with Gasteiger partial charge in [-0.1, -0.05) is 146 Å². The lowest BCUT2D eigenvalue weighted by atomic mass is 9.91. The first-order valence-corrected chi connectivity index (χ1v) is 20.3. The average Bonchev–Trinajstić information content (AvgIpc) is 3.82. The number of fused-ring (bicyclic) bond motifs is 7. The minimum Gasteiger partial charge on any atom is -0.309 e. The highest BCUT2D eigenvalue weighted by molar-refractivity contribution is 7.26. The van der Waals surface area contributed by atoms with Gasteiger partial charge < -0.3 is 4.90 Å². The van der Waals surface area contributed by atoms with Gasteiger partial charge in [-0.05, 0) is 93.2 Å². The van der Waals surface area contributed by atoms with Gasteiger partial charge in [0.05, 0.1) is 11.4 Å². The maximum Gasteiger partial charge on any atom is 0.0555 e. The summed E-state index contributed by atoms with van der Waals surface area (Å²) in [5.41, 5.74) is 10.7. The molecule has 0 atom stereocenters. The van der Waals surface area contributed by atoms with Crippen LogP contribution in [0.5, 0.6) is 0 Å². The zero-order chi connectivity index (χ0) is 36.3. The lowest BCUT2D eigenvalue weighted by molar-refractivity contribution is 1.30. The molecule has 0 aliphatic rings. The Labute approximate surface area is 327 Å². The molecule has 55 heavy (non-hydrogen) atoms. The Morgan fingerprint density at radius 1 is 0.309 bits per heavy atom. The highest BCUT2D eigenvalue weighted by Crippen LogP contribution is 2.49. The molecule has 0 bridgehead atoms. The standard InChI is InChI=1S/C52H33NS2/c1-2-18-38-34(14-1)15-12-24-42(38)41-21-4-3-19-39(41)35-16-11-17-37(32-35)53(47-26-13-29-51-52(47)44-23-7-10-28-49(44)55-51)46-25-8-5-20-40(46)36-30-31-50-45(33-36)43-22-6-9-27-48(43)54-50/h1-33H. The first kappa shape index (κ1) is 32.0. The number of nitrogens with zero attached hydrogens (tertiary/aromatic N) is 1. The summed E-state index contributed by atoms with van der Waals surface area (Å²) in [7, 11) is 0. The lowest BCUT2D eigenvalue weighted by Gasteiger charge is -2.29. The molecule has 258 valence electrons. The number of benzene rings is 9. The lowest BCUT2D eigenvalue weighted by Crippen LogP contribution is -2.11. The van der Waals surface area contributed by atoms with Crippen LogP contribution < -0.4 is 4.90 Å². The number of anilines is 3. The van der Waals surface area contributed by atoms with Crippen LogP contribution in [-0.4, -0.2) is 0 Å². The fourth-order valence-corrected chi connectivity index (χ4v) is 10.6. The van der Waals surface area contributed by atoms with E-state index in [0.29, 0.717) is 0 Å². The van der Waals surface area contributed by atoms with Crippen LogP contribution in [0, 0.1) is 0 Å². The summed E-state index contributed by atoms with van der Waals surface area (Å²) in [6.45, 7) is 0. The number of thiophene rings is 2. The SMILES string of the molecule is c1cc(-c2ccccc2-c2cccc3ccccc23)cc(N(c2ccccc2-c2ccc3sc4ccccc4c3c2)c2cccc3sc4ccccc4c23)c1. The molecule has 0 radical (unpaired) electrons. The summed E-state index contributed by atoms with van der Waals surface area (Å²) in [6.07, 6.45) is 0. The summed E-state index contributed by atoms with van der Waals surface area (Å²) in [4.78, 5) is 2.50. The molecule has 3 heteroatoms. The first-order chi connectivity index (χ1) is 27.3. The summed E-state index contributed by atoms with van der Waals surface area (Å²) in [6, 6.07) is 73.5. The fourth-order valence-electron chi connectivity index (χ4n) is 8.40. The zero-order valence-electron chi connectivity index (χ0n) is 29.8. The van der Waals surface area contributed by atoms with Crippen molar-refractivity contribution in [3.8, 4) is 33.4 Å². The highest BCUT2D eigenvalue weighted by atomic mass is 32.1. The predicted octanol–water partition coefficient (Wildman–Crippen LogP) is 16.0. The van der Waals surface area contributed by atoms with E-state index in [1.165, 1.54) is 90.2 Å². The topological polar surface area (TPSA) is 3.24 Å². The van der Waals surface area contributed by atoms with Crippen molar-refractivity contribution >= 4 is 90.9 Å². The third-order valence-electron chi connectivity index (χ3n) is 10.9. The number of hydrogen-bond donors (Lipinski definition) is 0. The Balaban J connectivity index is 1.15. The molecule has 0 aliphatic heterocycles. The molecule has 11 rings (SSSR count). The maximum absolute atomic E-state index is 2.50. The van der Waals surface area contributed by atoms with Crippen molar-refractivity contribution in [3.63, 3.8) is 0 Å². The molecule has 0 fully saturated rings. The van der Waals surface area contributed by atoms with Crippen LogP contribution in [0.15, 0.2) is 200 Å². The molecule has 0 saturated heterocycles. The largest absolute Gasteiger partial charge is 0.309 e. The highest BCUT2D eigenvalue weighted by Gasteiger charge is 2.22. The molecule has 0 amide bonds. The van der Waals surface area contributed by atoms with E-state index in [1.54, 1.807) is 0 Å². The van der Waals surface area contributed by atoms with E-state index in [0.717, 1.165) is 11.4 Å². The van der Waals surface area contributed by atoms with Gasteiger partial charge in [0.15, 0.2) is 0 Å². The quantitative estimate of drug-likeness (QED) is 0.164. The summed E-state index contributed by atoms with van der Waals surface area (Å²) in [5, 5.41) is 7.68. The van der Waals surface area contributed by atoms with Crippen LogP contribution in [-0.2, 0) is 0 Å². The van der Waals surface area contributed by atoms with E-state index in [2.05, 4.69) is 205 Å². The molecule has 0 spiro atoms. The molecule has 2 aromatic heterocycles. The Morgan fingerprint density at radius 3 is 1.76 bits per heavy atom. The molecule has 0 unspecified atom stereocenters. The predicted molar refractivity (Wildman–Crippen MR) is 241 cm³/mol. The van der Waals surface area contributed by atoms with Gasteiger partial charge in [0.2, 0.25) is 0 Å². The molecule has 0 aliphatic carbocycles. The van der Waals surface area contributed by atoms with Crippen LogP contribution in [0.1, 0.15) is 0 Å². The zero-order valence-corrected chi connectivity index (χ0v) is 31.4. The summed E-state index contributed by atoms with van der Waals surface area (Å²) >= 11 is 3.73. The maximum atomic E-state index is 2.50. The van der Waals surface area contributed by atoms with Gasteiger partial charge in [0, 0.05) is 51.6 Å². The molecule has 0 saturated carbocycles. The van der Waals surface area contributed by atoms with Gasteiger partial charge in [0.25, 0.3) is 0 Å². The molecule has 1 nitrogen and oxygen atoms in total. The number of hydrogen-bond acceptors (Lipinski definition) is 3. The second-order valence-corrected chi connectivity index (χ2v) is 16.2. The Kier molecular flexibility index (Phi) is 7.61. The first-order valence-electron chi connectivity index (χ1n) is 18.7. The summed E-state index contributed by atoms with van der Waals surface area (Å²) < 4.78 is 5.21. The van der Waals surface area contributed by atoms with Gasteiger partial charge in [-0.25, -0.2) is 0 Å². The van der Waals surface area contributed by atoms with Crippen molar-refractivity contribution in [1.82, 2.24) is 0 Å². The van der Waals surface area contributed by atoms with Crippen LogP contribution in [0.4, 0.5) is 17.1 Å². The van der Waals surface area contributed by atoms with Gasteiger partial charge in [-0.2, -0.15) is 0 Å². The molecule has 0 N–H and O–H groups in total. The second kappa shape index (κ2) is 13.1. The van der Waals surface area contributed by atoms with E-state index in [1.807, 2.05) is 22.7 Å². The smallest absolute Gasteiger partial charge is 0.0555 e. The fraction of sp³-hybridized carbons (Fsp3) is 0. The van der Waals surface area contributed by atoms with Crippen molar-refractivity contribution in [2.24, 2.45) is 0 Å². The van der Waals surface area contributed by atoms with Crippen LogP contribution in [0.2, 0.25) is 0 Å². The molecular weight excluding hydrogens is 703 g/mol. The average molecular weight is 736 g/mol. The van der Waals surface area contributed by atoms with E-state index >= 15 is 0 Å². The van der Waals surface area contributed by atoms with Gasteiger partial charge in [-0.3, -0.25) is 0 Å². The number of rotatable bonds is 6. The molecule has 11 aromatic rings. The van der Waals surface area contributed by atoms with E-state index < -0.39 is 0 Å². The summed E-state index contributed by atoms with van der Waals surface area (Å²) in [5.74, 6) is 0. The van der Waals surface area contributed by atoms with Crippen LogP contribution in [0.3, 0.4) is 0 Å². The van der Waals surface area contributed by atoms with Gasteiger partial charge in [-0.15, -0.1) is 22.7 Å². The Hall–Kier alpha value is -6.52. The second-order valence-electron chi connectivity index (χ2n) is 14.0. The molecular formula is C52H33NS2. The Bertz CT molecular complexity index is 3230. The third-order valence-corrected chi connectivity index (χ3v) is 13.2.